The molecule has 0 aliphatic heterocycles. The van der Waals surface area contributed by atoms with Crippen LogP contribution in [-0.4, -0.2) is 9.61 Å². The van der Waals surface area contributed by atoms with Crippen LogP contribution in [0.15, 0.2) is 24.5 Å². The molecule has 0 fully saturated rings. The van der Waals surface area contributed by atoms with Crippen LogP contribution in [-0.2, 0) is 6.18 Å². The first-order valence-electron chi connectivity index (χ1n) is 3.97. The van der Waals surface area contributed by atoms with Crippen molar-refractivity contribution in [1.82, 2.24) is 9.61 Å². The SMILES string of the molecule is N#Cc1cnn2ccc(C(F)(F)F)cc12. The lowest BCUT2D eigenvalue weighted by atomic mass is 10.2. The monoisotopic (exact) mass is 211 g/mol. The van der Waals surface area contributed by atoms with E-state index in [0.717, 1.165) is 12.1 Å². The zero-order valence-corrected chi connectivity index (χ0v) is 7.28. The van der Waals surface area contributed by atoms with Crippen LogP contribution in [0, 0.1) is 11.3 Å². The number of nitriles is 1. The van der Waals surface area contributed by atoms with Crippen LogP contribution in [0.25, 0.3) is 5.52 Å². The van der Waals surface area contributed by atoms with Crippen molar-refractivity contribution in [3.8, 4) is 6.07 Å². The molecule has 6 heteroatoms. The van der Waals surface area contributed by atoms with Gasteiger partial charge in [0.1, 0.15) is 6.07 Å². The minimum atomic E-state index is -4.40. The Labute approximate surface area is 82.4 Å². The molecule has 0 aromatic carbocycles. The number of pyridine rings is 1. The highest BCUT2D eigenvalue weighted by molar-refractivity contribution is 5.60. The Balaban J connectivity index is 2.69. The van der Waals surface area contributed by atoms with Crippen LogP contribution in [0.5, 0.6) is 0 Å². The Kier molecular flexibility index (Phi) is 1.89. The Bertz CT molecular complexity index is 548. The summed E-state index contributed by atoms with van der Waals surface area (Å²) in [7, 11) is 0. The number of hydrogen-bond acceptors (Lipinski definition) is 2. The average Bonchev–Trinajstić information content (AvgIpc) is 2.57. The Morgan fingerprint density at radius 2 is 2.13 bits per heavy atom. The molecule has 76 valence electrons. The maximum absolute atomic E-state index is 12.3. The summed E-state index contributed by atoms with van der Waals surface area (Å²) in [5.74, 6) is 0. The number of halogens is 3. The second kappa shape index (κ2) is 2.98. The van der Waals surface area contributed by atoms with Crippen molar-refractivity contribution in [3.05, 3.63) is 35.7 Å². The van der Waals surface area contributed by atoms with Crippen molar-refractivity contribution in [2.24, 2.45) is 0 Å². The molecule has 0 amide bonds. The van der Waals surface area contributed by atoms with E-state index >= 15 is 0 Å². The molecule has 0 aliphatic carbocycles. The first-order chi connectivity index (χ1) is 7.02. The number of alkyl halides is 3. The normalized spacial score (nSPS) is 11.6. The Morgan fingerprint density at radius 3 is 2.73 bits per heavy atom. The predicted octanol–water partition coefficient (Wildman–Crippen LogP) is 2.22. The molecule has 0 bridgehead atoms. The summed E-state index contributed by atoms with van der Waals surface area (Å²) in [4.78, 5) is 0. The lowest BCUT2D eigenvalue weighted by Crippen LogP contribution is -2.05. The number of hydrogen-bond donors (Lipinski definition) is 0. The highest BCUT2D eigenvalue weighted by Gasteiger charge is 2.30. The summed E-state index contributed by atoms with van der Waals surface area (Å²) >= 11 is 0. The van der Waals surface area contributed by atoms with Gasteiger partial charge < -0.3 is 0 Å². The molecule has 0 aliphatic rings. The lowest BCUT2D eigenvalue weighted by molar-refractivity contribution is -0.137. The zero-order chi connectivity index (χ0) is 11.1. The maximum Gasteiger partial charge on any atom is 0.416 e. The van der Waals surface area contributed by atoms with Crippen molar-refractivity contribution >= 4 is 5.52 Å². The van der Waals surface area contributed by atoms with Gasteiger partial charge in [-0.05, 0) is 12.1 Å². The summed E-state index contributed by atoms with van der Waals surface area (Å²) in [6, 6.07) is 3.60. The molecule has 0 unspecified atom stereocenters. The molecular formula is C9H4F3N3. The molecule has 0 saturated carbocycles. The van der Waals surface area contributed by atoms with Crippen molar-refractivity contribution < 1.29 is 13.2 Å². The van der Waals surface area contributed by atoms with Crippen LogP contribution >= 0.6 is 0 Å². The summed E-state index contributed by atoms with van der Waals surface area (Å²) in [5.41, 5.74) is -0.500. The molecule has 0 spiro atoms. The Hall–Kier alpha value is -2.03. The predicted molar refractivity (Wildman–Crippen MR) is 44.9 cm³/mol. The van der Waals surface area contributed by atoms with E-state index in [9.17, 15) is 13.2 Å². The largest absolute Gasteiger partial charge is 0.416 e. The molecule has 0 radical (unpaired) electrons. The van der Waals surface area contributed by atoms with Crippen molar-refractivity contribution in [2.75, 3.05) is 0 Å². The van der Waals surface area contributed by atoms with E-state index in [2.05, 4.69) is 5.10 Å². The third-order valence-electron chi connectivity index (χ3n) is 1.97. The fourth-order valence-corrected chi connectivity index (χ4v) is 1.24. The van der Waals surface area contributed by atoms with Gasteiger partial charge in [0.05, 0.1) is 22.8 Å². The zero-order valence-electron chi connectivity index (χ0n) is 7.28. The van der Waals surface area contributed by atoms with Crippen LogP contribution in [0.4, 0.5) is 13.2 Å². The van der Waals surface area contributed by atoms with Gasteiger partial charge >= 0.3 is 6.18 Å². The minimum absolute atomic E-state index is 0.126. The third kappa shape index (κ3) is 1.52. The van der Waals surface area contributed by atoms with Crippen LogP contribution in [0.3, 0.4) is 0 Å². The number of aromatic nitrogens is 2. The van der Waals surface area contributed by atoms with E-state index in [1.807, 2.05) is 0 Å². The second-order valence-corrected chi connectivity index (χ2v) is 2.91. The van der Waals surface area contributed by atoms with Crippen LogP contribution in [0.1, 0.15) is 11.1 Å². The van der Waals surface area contributed by atoms with E-state index in [1.54, 1.807) is 6.07 Å². The lowest BCUT2D eigenvalue weighted by Gasteiger charge is -2.06. The van der Waals surface area contributed by atoms with Gasteiger partial charge in [-0.25, -0.2) is 4.52 Å². The van der Waals surface area contributed by atoms with Gasteiger partial charge in [0.2, 0.25) is 0 Å². The van der Waals surface area contributed by atoms with Gasteiger partial charge in [-0.2, -0.15) is 23.5 Å². The van der Waals surface area contributed by atoms with Gasteiger partial charge in [-0.15, -0.1) is 0 Å². The number of fused-ring (bicyclic) bond motifs is 1. The quantitative estimate of drug-likeness (QED) is 0.670. The molecule has 2 aromatic heterocycles. The second-order valence-electron chi connectivity index (χ2n) is 2.91. The fraction of sp³-hybridized carbons (Fsp3) is 0.111. The Morgan fingerprint density at radius 1 is 1.40 bits per heavy atom. The van der Waals surface area contributed by atoms with Gasteiger partial charge in [-0.3, -0.25) is 0 Å². The van der Waals surface area contributed by atoms with Crippen molar-refractivity contribution in [2.45, 2.75) is 6.18 Å². The van der Waals surface area contributed by atoms with E-state index < -0.39 is 11.7 Å². The van der Waals surface area contributed by atoms with Gasteiger partial charge in [0.25, 0.3) is 0 Å². The minimum Gasteiger partial charge on any atom is -0.240 e. The molecule has 2 rings (SSSR count). The average molecular weight is 211 g/mol. The molecule has 0 saturated heterocycles. The summed E-state index contributed by atoms with van der Waals surface area (Å²) in [6.45, 7) is 0. The van der Waals surface area contributed by atoms with Crippen LogP contribution in [0.2, 0.25) is 0 Å². The van der Waals surface area contributed by atoms with Crippen molar-refractivity contribution in [1.29, 1.82) is 5.26 Å². The first-order valence-corrected chi connectivity index (χ1v) is 3.97. The summed E-state index contributed by atoms with van der Waals surface area (Å²) < 4.78 is 38.3. The molecule has 0 N–H and O–H groups in total. The van der Waals surface area contributed by atoms with E-state index in [4.69, 9.17) is 5.26 Å². The molecule has 3 nitrogen and oxygen atoms in total. The molecule has 2 heterocycles. The van der Waals surface area contributed by atoms with Gasteiger partial charge in [0, 0.05) is 6.20 Å². The molecule has 0 atom stereocenters. The summed E-state index contributed by atoms with van der Waals surface area (Å²) in [5, 5.41) is 12.4. The number of rotatable bonds is 0. The molecular weight excluding hydrogens is 207 g/mol. The smallest absolute Gasteiger partial charge is 0.240 e. The number of nitrogens with zero attached hydrogens (tertiary/aromatic N) is 3. The topological polar surface area (TPSA) is 41.1 Å². The van der Waals surface area contributed by atoms with E-state index in [0.29, 0.717) is 0 Å². The van der Waals surface area contributed by atoms with E-state index in [-0.39, 0.29) is 11.1 Å². The standard InChI is InChI=1S/C9H4F3N3/c10-9(11,12)7-1-2-15-8(3-7)6(4-13)5-14-15/h1-3,5H. The molecule has 2 aromatic rings. The highest BCUT2D eigenvalue weighted by Crippen LogP contribution is 2.30. The molecule has 15 heavy (non-hydrogen) atoms. The van der Waals surface area contributed by atoms with Crippen molar-refractivity contribution in [3.63, 3.8) is 0 Å². The first kappa shape index (κ1) is 9.52. The van der Waals surface area contributed by atoms with E-state index in [1.165, 1.54) is 16.9 Å². The third-order valence-corrected chi connectivity index (χ3v) is 1.97. The maximum atomic E-state index is 12.3. The van der Waals surface area contributed by atoms with Crippen LogP contribution < -0.4 is 0 Å². The van der Waals surface area contributed by atoms with Gasteiger partial charge in [-0.1, -0.05) is 0 Å². The van der Waals surface area contributed by atoms with Gasteiger partial charge in [0.15, 0.2) is 0 Å². The highest BCUT2D eigenvalue weighted by atomic mass is 19.4. The fourth-order valence-electron chi connectivity index (χ4n) is 1.24. The summed E-state index contributed by atoms with van der Waals surface area (Å²) in [6.07, 6.45) is -1.99.